The predicted molar refractivity (Wildman–Crippen MR) is 109 cm³/mol. The lowest BCUT2D eigenvalue weighted by molar-refractivity contribution is 0.172. The minimum absolute atomic E-state index is 0.0251. The van der Waals surface area contributed by atoms with Crippen LogP contribution < -0.4 is 5.73 Å². The van der Waals surface area contributed by atoms with Gasteiger partial charge in [0.15, 0.2) is 5.88 Å². The molecule has 0 saturated carbocycles. The van der Waals surface area contributed by atoms with E-state index in [0.29, 0.717) is 17.7 Å². The number of rotatable bonds is 6. The SMILES string of the molecule is COC1=CC=C(c2ccccc2)CN1C/C=C/c1cc(C(=N)N)ccc1O. The van der Waals surface area contributed by atoms with Crippen LogP contribution in [0.15, 0.2) is 72.6 Å². The summed E-state index contributed by atoms with van der Waals surface area (Å²) in [7, 11) is 1.66. The Bertz CT molecular complexity index is 914. The lowest BCUT2D eigenvalue weighted by Crippen LogP contribution is -2.28. The van der Waals surface area contributed by atoms with Crippen molar-refractivity contribution >= 4 is 17.5 Å². The van der Waals surface area contributed by atoms with Crippen molar-refractivity contribution in [2.75, 3.05) is 20.2 Å². The number of phenolic OH excluding ortho intramolecular Hbond substituents is 1. The van der Waals surface area contributed by atoms with Crippen LogP contribution >= 0.6 is 0 Å². The van der Waals surface area contributed by atoms with Crippen molar-refractivity contribution in [1.82, 2.24) is 4.90 Å². The number of hydrogen-bond donors (Lipinski definition) is 3. The number of phenols is 1. The van der Waals surface area contributed by atoms with Crippen molar-refractivity contribution in [1.29, 1.82) is 5.41 Å². The van der Waals surface area contributed by atoms with E-state index in [0.717, 1.165) is 12.4 Å². The monoisotopic (exact) mass is 361 g/mol. The molecule has 0 bridgehead atoms. The van der Waals surface area contributed by atoms with Gasteiger partial charge in [-0.25, -0.2) is 0 Å². The number of benzene rings is 2. The van der Waals surface area contributed by atoms with Crippen LogP contribution in [0.25, 0.3) is 11.6 Å². The van der Waals surface area contributed by atoms with E-state index in [2.05, 4.69) is 23.1 Å². The third-order valence-corrected chi connectivity index (χ3v) is 4.42. The van der Waals surface area contributed by atoms with E-state index in [1.165, 1.54) is 11.1 Å². The summed E-state index contributed by atoms with van der Waals surface area (Å²) in [6.07, 6.45) is 7.83. The zero-order chi connectivity index (χ0) is 19.2. The molecule has 2 aromatic rings. The molecule has 138 valence electrons. The highest BCUT2D eigenvalue weighted by atomic mass is 16.5. The highest BCUT2D eigenvalue weighted by Gasteiger charge is 2.15. The smallest absolute Gasteiger partial charge is 0.189 e. The van der Waals surface area contributed by atoms with Gasteiger partial charge in [0.25, 0.3) is 0 Å². The van der Waals surface area contributed by atoms with E-state index in [9.17, 15) is 5.11 Å². The minimum atomic E-state index is -0.0251. The Kier molecular flexibility index (Phi) is 5.61. The Labute approximate surface area is 159 Å². The molecule has 27 heavy (non-hydrogen) atoms. The first-order valence-corrected chi connectivity index (χ1v) is 8.67. The Morgan fingerprint density at radius 3 is 2.70 bits per heavy atom. The normalized spacial score (nSPS) is 14.0. The maximum atomic E-state index is 10.0. The van der Waals surface area contributed by atoms with Crippen molar-refractivity contribution in [3.8, 4) is 5.75 Å². The summed E-state index contributed by atoms with van der Waals surface area (Å²) in [5.41, 5.74) is 9.13. The minimum Gasteiger partial charge on any atom is -0.507 e. The number of nitrogen functional groups attached to an aromatic ring is 1. The summed E-state index contributed by atoms with van der Waals surface area (Å²) in [6.45, 7) is 1.35. The summed E-state index contributed by atoms with van der Waals surface area (Å²) in [4.78, 5) is 2.12. The molecule has 4 N–H and O–H groups in total. The van der Waals surface area contributed by atoms with Gasteiger partial charge in [0.05, 0.1) is 7.11 Å². The lowest BCUT2D eigenvalue weighted by atomic mass is 10.0. The van der Waals surface area contributed by atoms with Gasteiger partial charge in [-0.2, -0.15) is 0 Å². The third-order valence-electron chi connectivity index (χ3n) is 4.42. The molecule has 5 nitrogen and oxygen atoms in total. The molecule has 0 radical (unpaired) electrons. The fraction of sp³-hybridized carbons (Fsp3) is 0.136. The molecule has 0 aromatic heterocycles. The number of amidine groups is 1. The van der Waals surface area contributed by atoms with Crippen LogP contribution in [0.1, 0.15) is 16.7 Å². The quantitative estimate of drug-likeness (QED) is 0.542. The van der Waals surface area contributed by atoms with Gasteiger partial charge in [-0.3, -0.25) is 5.41 Å². The van der Waals surface area contributed by atoms with Crippen LogP contribution in [0.3, 0.4) is 0 Å². The van der Waals surface area contributed by atoms with Crippen LogP contribution in [0.5, 0.6) is 5.75 Å². The fourth-order valence-electron chi connectivity index (χ4n) is 2.97. The number of aromatic hydroxyl groups is 1. The molecule has 3 rings (SSSR count). The molecule has 0 aliphatic carbocycles. The molecule has 0 spiro atoms. The van der Waals surface area contributed by atoms with Gasteiger partial charge in [-0.15, -0.1) is 0 Å². The summed E-state index contributed by atoms with van der Waals surface area (Å²) in [6, 6.07) is 15.1. The molecule has 1 heterocycles. The molecule has 0 amide bonds. The number of allylic oxidation sites excluding steroid dienone is 2. The number of nitrogens with one attached hydrogen (secondary N) is 1. The number of nitrogens with two attached hydrogens (primary N) is 1. The highest BCUT2D eigenvalue weighted by molar-refractivity contribution is 5.95. The summed E-state index contributed by atoms with van der Waals surface area (Å²) < 4.78 is 5.48. The Hall–Kier alpha value is -3.47. The van der Waals surface area contributed by atoms with E-state index in [1.807, 2.05) is 36.4 Å². The third kappa shape index (κ3) is 4.39. The highest BCUT2D eigenvalue weighted by Crippen LogP contribution is 2.24. The van der Waals surface area contributed by atoms with Crippen LogP contribution in [0, 0.1) is 5.41 Å². The van der Waals surface area contributed by atoms with E-state index in [4.69, 9.17) is 15.9 Å². The molecule has 0 fully saturated rings. The van der Waals surface area contributed by atoms with Gasteiger partial charge in [0.1, 0.15) is 11.6 Å². The van der Waals surface area contributed by atoms with Crippen LogP contribution in [-0.4, -0.2) is 36.0 Å². The van der Waals surface area contributed by atoms with Gasteiger partial charge in [0.2, 0.25) is 0 Å². The number of methoxy groups -OCH3 is 1. The maximum absolute atomic E-state index is 10.0. The zero-order valence-electron chi connectivity index (χ0n) is 15.2. The van der Waals surface area contributed by atoms with Crippen LogP contribution in [-0.2, 0) is 4.74 Å². The second-order valence-electron chi connectivity index (χ2n) is 6.24. The van der Waals surface area contributed by atoms with E-state index in [-0.39, 0.29) is 11.6 Å². The summed E-state index contributed by atoms with van der Waals surface area (Å²) in [5.74, 6) is 0.922. The van der Waals surface area contributed by atoms with Crippen LogP contribution in [0.2, 0.25) is 0 Å². The Morgan fingerprint density at radius 1 is 1.22 bits per heavy atom. The standard InChI is InChI=1S/C22H23N3O2/c1-27-21-12-10-19(16-6-3-2-4-7-16)15-25(21)13-5-8-17-14-18(22(23)24)9-11-20(17)26/h2-12,14,26H,13,15H2,1H3,(H3,23,24)/b8-5+. The molecule has 1 aliphatic heterocycles. The van der Waals surface area contributed by atoms with Gasteiger partial charge in [-0.1, -0.05) is 48.6 Å². The van der Waals surface area contributed by atoms with Crippen molar-refractivity contribution in [2.45, 2.75) is 0 Å². The molecule has 5 heteroatoms. The first-order chi connectivity index (χ1) is 13.1. The average molecular weight is 361 g/mol. The fourth-order valence-corrected chi connectivity index (χ4v) is 2.97. The van der Waals surface area contributed by atoms with Crippen LogP contribution in [0.4, 0.5) is 0 Å². The number of ether oxygens (including phenoxy) is 1. The van der Waals surface area contributed by atoms with Gasteiger partial charge < -0.3 is 20.5 Å². The number of nitrogens with zero attached hydrogens (tertiary/aromatic N) is 1. The van der Waals surface area contributed by atoms with Crippen molar-refractivity contribution < 1.29 is 9.84 Å². The Balaban J connectivity index is 1.74. The first-order valence-electron chi connectivity index (χ1n) is 8.67. The number of hydrogen-bond acceptors (Lipinski definition) is 4. The van der Waals surface area contributed by atoms with Crippen molar-refractivity contribution in [3.63, 3.8) is 0 Å². The second kappa shape index (κ2) is 8.27. The largest absolute Gasteiger partial charge is 0.507 e. The molecular weight excluding hydrogens is 338 g/mol. The summed E-state index contributed by atoms with van der Waals surface area (Å²) in [5, 5.41) is 17.6. The molecule has 0 atom stereocenters. The summed E-state index contributed by atoms with van der Waals surface area (Å²) >= 11 is 0. The van der Waals surface area contributed by atoms with Gasteiger partial charge >= 0.3 is 0 Å². The Morgan fingerprint density at radius 2 is 2.00 bits per heavy atom. The first kappa shape index (κ1) is 18.3. The van der Waals surface area contributed by atoms with E-state index < -0.39 is 0 Å². The average Bonchev–Trinajstić information content (AvgIpc) is 2.69. The molecule has 1 aliphatic rings. The molecule has 2 aromatic carbocycles. The van der Waals surface area contributed by atoms with Crippen molar-refractivity contribution in [3.05, 3.63) is 89.3 Å². The van der Waals surface area contributed by atoms with Gasteiger partial charge in [-0.05, 0) is 35.4 Å². The molecule has 0 unspecified atom stereocenters. The topological polar surface area (TPSA) is 82.6 Å². The van der Waals surface area contributed by atoms with E-state index >= 15 is 0 Å². The predicted octanol–water partition coefficient (Wildman–Crippen LogP) is 3.58. The van der Waals surface area contributed by atoms with Crippen molar-refractivity contribution in [2.24, 2.45) is 5.73 Å². The lowest BCUT2D eigenvalue weighted by Gasteiger charge is -2.29. The maximum Gasteiger partial charge on any atom is 0.189 e. The zero-order valence-corrected chi connectivity index (χ0v) is 15.2. The molecular formula is C22H23N3O2. The van der Waals surface area contributed by atoms with E-state index in [1.54, 1.807) is 25.3 Å². The van der Waals surface area contributed by atoms with Gasteiger partial charge in [0, 0.05) is 24.2 Å². The molecule has 0 saturated heterocycles. The second-order valence-corrected chi connectivity index (χ2v) is 6.24.